The number of carbonyl (C=O) groups is 6. The molecule has 3 aliphatic carbocycles. The van der Waals surface area contributed by atoms with E-state index in [9.17, 15) is 58.5 Å². The van der Waals surface area contributed by atoms with E-state index in [0.29, 0.717) is 99.3 Å². The van der Waals surface area contributed by atoms with Crippen molar-refractivity contribution in [1.29, 1.82) is 0 Å². The van der Waals surface area contributed by atoms with E-state index in [4.69, 9.17) is 41.4 Å². The summed E-state index contributed by atoms with van der Waals surface area (Å²) in [5.74, 6) is -2.34. The number of hydrogen-bond acceptors (Lipinski definition) is 23. The van der Waals surface area contributed by atoms with Crippen LogP contribution >= 0.6 is 134 Å². The first-order valence-corrected chi connectivity index (χ1v) is 47.5. The molecular formula is C88H80BrN9O13S10. The molecule has 9 aromatic rings. The molecule has 22 nitrogen and oxygen atoms in total. The first-order valence-electron chi connectivity index (χ1n) is 39.4. The third-order valence-electron chi connectivity index (χ3n) is 23.2. The maximum atomic E-state index is 13.5. The normalized spacial score (nSPS) is 21.7. The molecule has 6 aliphatic heterocycles. The smallest absolute Gasteiger partial charge is 0.323 e. The average molecular weight is 1870 g/mol. The summed E-state index contributed by atoms with van der Waals surface area (Å²) >= 11 is 28.3. The highest BCUT2D eigenvalue weighted by atomic mass is 79.9. The van der Waals surface area contributed by atoms with E-state index in [0.717, 1.165) is 164 Å². The minimum atomic E-state index is -1.16. The monoisotopic (exact) mass is 1870 g/mol. The highest BCUT2D eigenvalue weighted by molar-refractivity contribution is 9.10. The molecule has 33 heteroatoms. The highest BCUT2D eigenvalue weighted by Crippen LogP contribution is 2.56. The lowest BCUT2D eigenvalue weighted by molar-refractivity contribution is -0.138. The number of hydrogen-bond donors (Lipinski definition) is 3. The summed E-state index contributed by atoms with van der Waals surface area (Å²) in [4.78, 5) is 128. The number of aliphatic carboxylic acids is 3. The Balaban J connectivity index is 0.000000135. The molecule has 0 radical (unpaired) electrons. The number of anilines is 5. The Morgan fingerprint density at radius 3 is 1.34 bits per heavy atom. The number of fused-ring (bicyclic) bond motifs is 9. The first-order chi connectivity index (χ1) is 58.4. The zero-order valence-electron chi connectivity index (χ0n) is 65.8. The zero-order valence-corrected chi connectivity index (χ0v) is 75.6. The summed E-state index contributed by atoms with van der Waals surface area (Å²) in [6, 6.07) is 45.3. The highest BCUT2D eigenvalue weighted by Gasteiger charge is 2.46. The SMILES string of the molecule is C=CCN1C(=O)/C(=c2\s/c(=C/c3ccc4c(c3)C3CCCC3N4c3ccc(OC)cc3)c(=O)n2CC(=O)O)SC1=S.CCN1C(=O)/C(=c2\s/c(=C/c3cc(Br)c4c(c3)C3CCCC3N4Cc3ccccc3)c(=O)n2CC(=O)O)SC1=S.CCN1C(=O)/C(=c2\s/c(=C/c3ccc4c(c3)C3CCCC3N4c3ccc(SC)cc3)c(=O)n2CC(=O)O)SC1=S. The van der Waals surface area contributed by atoms with Crippen LogP contribution in [0.4, 0.5) is 28.4 Å². The molecule has 0 spiro atoms. The van der Waals surface area contributed by atoms with Crippen LogP contribution in [0.15, 0.2) is 164 Å². The van der Waals surface area contributed by atoms with Gasteiger partial charge in [-0.3, -0.25) is 71.6 Å². The molecule has 3 saturated carbocycles. The lowest BCUT2D eigenvalue weighted by Crippen LogP contribution is -2.35. The van der Waals surface area contributed by atoms with Crippen LogP contribution in [-0.2, 0) is 54.9 Å². The van der Waals surface area contributed by atoms with E-state index in [1.54, 1.807) is 31.0 Å². The van der Waals surface area contributed by atoms with Gasteiger partial charge in [-0.1, -0.05) is 140 Å². The minimum absolute atomic E-state index is 0.243. The maximum absolute atomic E-state index is 13.5. The molecule has 6 aromatic carbocycles. The topological polar surface area (TPSA) is 258 Å². The fourth-order valence-corrected chi connectivity index (χ4v) is 26.9. The second-order valence-electron chi connectivity index (χ2n) is 30.1. The second kappa shape index (κ2) is 35.9. The predicted octanol–water partition coefficient (Wildman–Crippen LogP) is 12.3. The van der Waals surface area contributed by atoms with Crippen molar-refractivity contribution in [1.82, 2.24) is 28.4 Å². The Labute approximate surface area is 748 Å². The molecule has 121 heavy (non-hydrogen) atoms. The molecule has 6 fully saturated rings. The number of thiocarbonyl (C=S) groups is 3. The van der Waals surface area contributed by atoms with E-state index >= 15 is 0 Å². The van der Waals surface area contributed by atoms with E-state index < -0.39 is 54.2 Å². The molecule has 0 bridgehead atoms. The Bertz CT molecular complexity index is 6460. The van der Waals surface area contributed by atoms with E-state index in [1.807, 2.05) is 62.4 Å². The number of carboxylic acid groups (broad SMARTS) is 3. The molecular weight excluding hydrogens is 1790 g/mol. The number of nitrogens with zero attached hydrogens (tertiary/aromatic N) is 9. The molecule has 9 aliphatic rings. The third kappa shape index (κ3) is 16.5. The van der Waals surface area contributed by atoms with Crippen LogP contribution in [0, 0.1) is 0 Å². The number of thioether (sulfide) groups is 4. The molecule has 6 unspecified atom stereocenters. The second-order valence-corrected chi connectivity index (χ2v) is 39.9. The van der Waals surface area contributed by atoms with Gasteiger partial charge in [0, 0.05) is 94.2 Å². The van der Waals surface area contributed by atoms with Gasteiger partial charge in [0.15, 0.2) is 0 Å². The van der Waals surface area contributed by atoms with Gasteiger partial charge in [0.1, 0.15) is 67.0 Å². The number of aromatic nitrogens is 3. The Morgan fingerprint density at radius 1 is 0.521 bits per heavy atom. The summed E-state index contributed by atoms with van der Waals surface area (Å²) in [5, 5.41) is 28.6. The number of amides is 3. The van der Waals surface area contributed by atoms with Gasteiger partial charge < -0.3 is 34.8 Å². The van der Waals surface area contributed by atoms with Crippen LogP contribution in [0.25, 0.3) is 32.9 Å². The van der Waals surface area contributed by atoms with Crippen molar-refractivity contribution >= 4 is 244 Å². The van der Waals surface area contributed by atoms with Crippen molar-refractivity contribution in [2.75, 3.05) is 47.7 Å². The molecule has 3 amide bonds. The van der Waals surface area contributed by atoms with E-state index in [2.05, 4.69) is 134 Å². The number of thiazole rings is 3. The largest absolute Gasteiger partial charge is 0.497 e. The Kier molecular flexibility index (Phi) is 25.3. The lowest BCUT2D eigenvalue weighted by Gasteiger charge is -2.28. The number of methoxy groups -OCH3 is 1. The number of halogens is 1. The van der Waals surface area contributed by atoms with Crippen LogP contribution in [0.2, 0.25) is 0 Å². The van der Waals surface area contributed by atoms with Gasteiger partial charge >= 0.3 is 17.9 Å². The van der Waals surface area contributed by atoms with Crippen molar-refractivity contribution < 1.29 is 48.8 Å². The first kappa shape index (κ1) is 85.3. The van der Waals surface area contributed by atoms with E-state index in [1.165, 1.54) is 80.9 Å². The fourth-order valence-electron chi connectivity index (χ4n) is 18.0. The molecule has 9 heterocycles. The van der Waals surface area contributed by atoms with Gasteiger partial charge in [0.2, 0.25) is 0 Å². The summed E-state index contributed by atoms with van der Waals surface area (Å²) in [7, 11) is 1.66. The molecule has 3 N–H and O–H groups in total. The Hall–Kier alpha value is -9.26. The van der Waals surface area contributed by atoms with Gasteiger partial charge in [0.25, 0.3) is 34.4 Å². The minimum Gasteiger partial charge on any atom is -0.497 e. The third-order valence-corrected chi connectivity index (χ3v) is 32.6. The molecule has 6 atom stereocenters. The number of carboxylic acids is 3. The van der Waals surface area contributed by atoms with Gasteiger partial charge in [-0.25, -0.2) is 0 Å². The van der Waals surface area contributed by atoms with Crippen LogP contribution < -0.4 is 63.7 Å². The molecule has 3 saturated heterocycles. The lowest BCUT2D eigenvalue weighted by atomic mass is 9.96. The number of ether oxygens (including phenoxy) is 1. The average Bonchev–Trinajstić information content (AvgIpc) is 1.59. The van der Waals surface area contributed by atoms with Crippen molar-refractivity contribution in [3.8, 4) is 5.75 Å². The standard InChI is InChI=1S/C30H27N3O5S3.C29H26BrN3O4S3.C29H27N3O4S4/c1-3-13-31-28(37)26(41-30(31)39)29-32(16-25(34)35)27(36)24(40-29)15-17-7-12-23-21(14-17)20-5-4-6-22(20)33(23)18-8-10-19(38-2)11-9-18;1-2-31-27(37)25(40-29(31)38)28-33(15-23(34)35)26(36)22(39-28)13-17-11-19-18-9-6-10-21(18)32(24(19)20(30)12-17)14-16-7-4-3-5-8-16;1-3-30-27(36)25(40-29(30)37)28-31(15-24(33)34)26(35)23(39-28)14-16-7-12-22-20(13-16)19-5-4-6-21(19)32(22)17-8-10-18(38-2)11-9-17/h3,7-12,14-15,20,22H,1,4-6,13,16H2,2H3,(H,34,35);3-5,7-8,11-13,18,21H,2,6,9-10,14-15H2,1H3,(H,34,35);7-14,19,21H,3-6,15H2,1-2H3,(H,33,34)/b24-15+,29-26+;22-13+,28-25+;23-14+,28-25+. The number of rotatable bonds is 19. The summed E-state index contributed by atoms with van der Waals surface area (Å²) in [6.45, 7) is 7.64. The van der Waals surface area contributed by atoms with Gasteiger partial charge in [-0.05, 0) is 217 Å². The molecule has 3 aromatic heterocycles. The van der Waals surface area contributed by atoms with Gasteiger partial charge in [0.05, 0.1) is 26.4 Å². The molecule has 622 valence electrons. The van der Waals surface area contributed by atoms with Crippen molar-refractivity contribution in [3.05, 3.63) is 242 Å². The van der Waals surface area contributed by atoms with Crippen LogP contribution in [0.1, 0.15) is 128 Å². The number of benzene rings is 6. The molecule has 18 rings (SSSR count). The van der Waals surface area contributed by atoms with E-state index in [-0.39, 0.29) is 29.2 Å². The van der Waals surface area contributed by atoms with Crippen molar-refractivity contribution in [2.45, 2.75) is 139 Å². The van der Waals surface area contributed by atoms with Crippen molar-refractivity contribution in [3.63, 3.8) is 0 Å². The maximum Gasteiger partial charge on any atom is 0.323 e. The quantitative estimate of drug-likeness (QED) is 0.0386. The summed E-state index contributed by atoms with van der Waals surface area (Å²) < 4.78 is 13.1. The Morgan fingerprint density at radius 2 is 0.926 bits per heavy atom. The fraction of sp³-hybridized carbons (Fsp3) is 0.295. The number of carbonyl (C=O) groups excluding carboxylic acids is 3. The summed E-state index contributed by atoms with van der Waals surface area (Å²) in [6.07, 6.45) is 19.3. The van der Waals surface area contributed by atoms with Crippen LogP contribution in [0.3, 0.4) is 0 Å². The van der Waals surface area contributed by atoms with Crippen LogP contribution in [-0.4, -0.2) is 143 Å². The summed E-state index contributed by atoms with van der Waals surface area (Å²) in [5.41, 5.74) is 12.3. The predicted molar refractivity (Wildman–Crippen MR) is 501 cm³/mol. The van der Waals surface area contributed by atoms with Crippen molar-refractivity contribution in [2.24, 2.45) is 0 Å². The van der Waals surface area contributed by atoms with Gasteiger partial charge in [-0.2, -0.15) is 0 Å². The van der Waals surface area contributed by atoms with Gasteiger partial charge in [-0.15, -0.1) is 52.4 Å². The zero-order chi connectivity index (χ0) is 85.1. The van der Waals surface area contributed by atoms with Crippen LogP contribution in [0.5, 0.6) is 5.75 Å².